The molecule has 2 aromatic rings. The third kappa shape index (κ3) is 6.53. The van der Waals surface area contributed by atoms with Crippen LogP contribution in [0.25, 0.3) is 0 Å². The second-order valence-corrected chi connectivity index (χ2v) is 10.9. The number of nitrogens with zero attached hydrogens (tertiary/aromatic N) is 1. The summed E-state index contributed by atoms with van der Waals surface area (Å²) in [6.45, 7) is 7.69. The second-order valence-electron chi connectivity index (χ2n) is 9.24. The van der Waals surface area contributed by atoms with E-state index >= 15 is 8.78 Å². The van der Waals surface area contributed by atoms with Gasteiger partial charge in [-0.1, -0.05) is 24.8 Å². The van der Waals surface area contributed by atoms with Crippen LogP contribution in [0.2, 0.25) is 0 Å². The molecular formula is C24H30F2N3O9P. The van der Waals surface area contributed by atoms with Crippen molar-refractivity contribution in [1.82, 2.24) is 14.6 Å². The summed E-state index contributed by atoms with van der Waals surface area (Å²) in [4.78, 5) is 38.0. The Morgan fingerprint density at radius 3 is 2.46 bits per heavy atom. The molecule has 3 N–H and O–H groups in total. The van der Waals surface area contributed by atoms with E-state index < -0.39 is 73.1 Å². The van der Waals surface area contributed by atoms with Crippen LogP contribution < -0.4 is 20.9 Å². The van der Waals surface area contributed by atoms with Crippen LogP contribution in [-0.4, -0.2) is 57.0 Å². The zero-order valence-corrected chi connectivity index (χ0v) is 22.5. The number of carbonyl (C=O) groups is 1. The number of hydrogen-bond acceptors (Lipinski definition) is 9. The number of hydrogen-bond donors (Lipinski definition) is 3. The molecule has 15 heteroatoms. The zero-order valence-electron chi connectivity index (χ0n) is 21.6. The summed E-state index contributed by atoms with van der Waals surface area (Å²) >= 11 is 0. The molecule has 6 atom stereocenters. The van der Waals surface area contributed by atoms with Gasteiger partial charge in [0.15, 0.2) is 12.3 Å². The Morgan fingerprint density at radius 1 is 1.26 bits per heavy atom. The molecule has 12 nitrogen and oxygen atoms in total. The highest BCUT2D eigenvalue weighted by atomic mass is 31.2. The van der Waals surface area contributed by atoms with Crippen molar-refractivity contribution in [3.63, 3.8) is 0 Å². The number of benzene rings is 1. The Kier molecular flexibility index (Phi) is 8.98. The van der Waals surface area contributed by atoms with Gasteiger partial charge < -0.3 is 19.1 Å². The molecule has 0 amide bonds. The summed E-state index contributed by atoms with van der Waals surface area (Å²) in [6.07, 6.45) is -4.42. The molecule has 0 radical (unpaired) electrons. The van der Waals surface area contributed by atoms with E-state index in [2.05, 4.69) is 11.7 Å². The normalized spacial score (nSPS) is 27.1. The van der Waals surface area contributed by atoms with Gasteiger partial charge in [-0.05, 0) is 45.4 Å². The van der Waals surface area contributed by atoms with E-state index in [-0.39, 0.29) is 5.75 Å². The maximum absolute atomic E-state index is 16.2. The van der Waals surface area contributed by atoms with Crippen LogP contribution in [0.3, 0.4) is 0 Å². The maximum atomic E-state index is 16.2. The Labute approximate surface area is 222 Å². The molecule has 1 aromatic carbocycles. The predicted octanol–water partition coefficient (Wildman–Crippen LogP) is 2.51. The fourth-order valence-electron chi connectivity index (χ4n) is 3.72. The molecule has 214 valence electrons. The van der Waals surface area contributed by atoms with Crippen molar-refractivity contribution >= 4 is 13.7 Å². The monoisotopic (exact) mass is 573 g/mol. The average molecular weight is 573 g/mol. The molecule has 0 spiro atoms. The predicted molar refractivity (Wildman–Crippen MR) is 134 cm³/mol. The highest BCUT2D eigenvalue weighted by molar-refractivity contribution is 7.52. The number of para-hydroxylation sites is 1. The van der Waals surface area contributed by atoms with Crippen LogP contribution in [0, 0.1) is 0 Å². The quantitative estimate of drug-likeness (QED) is 0.207. The van der Waals surface area contributed by atoms with Crippen molar-refractivity contribution in [3.05, 3.63) is 75.6 Å². The van der Waals surface area contributed by atoms with Crippen molar-refractivity contribution in [2.45, 2.75) is 63.7 Å². The van der Waals surface area contributed by atoms with Crippen molar-refractivity contribution < 1.29 is 41.8 Å². The molecule has 0 bridgehead atoms. The molecule has 1 fully saturated rings. The lowest BCUT2D eigenvalue weighted by molar-refractivity contribution is -0.204. The van der Waals surface area contributed by atoms with Gasteiger partial charge >= 0.3 is 19.4 Å². The molecule has 0 saturated carbocycles. The third-order valence-electron chi connectivity index (χ3n) is 5.69. The molecule has 2 heterocycles. The number of rotatable bonds is 11. The third-order valence-corrected chi connectivity index (χ3v) is 7.31. The topological polar surface area (TPSA) is 158 Å². The fourth-order valence-corrected chi connectivity index (χ4v) is 5.23. The van der Waals surface area contributed by atoms with Gasteiger partial charge in [-0.2, -0.15) is 5.09 Å². The molecule has 1 aromatic heterocycles. The molecule has 3 rings (SSSR count). The van der Waals surface area contributed by atoms with Gasteiger partial charge in [0.1, 0.15) is 18.4 Å². The fraction of sp³-hybridized carbons (Fsp3) is 0.458. The lowest BCUT2D eigenvalue weighted by Crippen LogP contribution is -2.50. The van der Waals surface area contributed by atoms with Gasteiger partial charge in [0, 0.05) is 12.3 Å². The summed E-state index contributed by atoms with van der Waals surface area (Å²) in [5.74, 6) is -4.22. The van der Waals surface area contributed by atoms with Gasteiger partial charge in [0.05, 0.1) is 6.10 Å². The highest BCUT2D eigenvalue weighted by Crippen LogP contribution is 2.53. The number of nitrogens with one attached hydrogen (secondary N) is 2. The molecule has 2 unspecified atom stereocenters. The Bertz CT molecular complexity index is 1370. The number of aliphatic hydroxyl groups excluding tert-OH is 1. The number of ether oxygens (including phenoxy) is 2. The van der Waals surface area contributed by atoms with E-state index in [4.69, 9.17) is 18.5 Å². The van der Waals surface area contributed by atoms with Crippen LogP contribution >= 0.6 is 7.75 Å². The molecule has 39 heavy (non-hydrogen) atoms. The largest absolute Gasteiger partial charge is 0.462 e. The molecule has 0 aliphatic carbocycles. The van der Waals surface area contributed by atoms with Gasteiger partial charge in [-0.3, -0.25) is 23.7 Å². The van der Waals surface area contributed by atoms with E-state index in [9.17, 15) is 24.1 Å². The second kappa shape index (κ2) is 11.5. The Hall–Kier alpha value is -3.16. The van der Waals surface area contributed by atoms with Gasteiger partial charge in [-0.15, -0.1) is 0 Å². The smallest absolute Gasteiger partial charge is 0.459 e. The lowest BCUT2D eigenvalue weighted by Gasteiger charge is -2.30. The SMILES string of the molecule is C=C(C)[C@]1(F)[C@H](n2ccc(=O)[nH]c2=O)O[C@](F)(COP(=O)(NC(C)C(=O)OC(C)C)Oc2ccccc2)[C@H]1O. The summed E-state index contributed by atoms with van der Waals surface area (Å²) in [5, 5.41) is 13.1. The summed E-state index contributed by atoms with van der Waals surface area (Å²) < 4.78 is 67.3. The van der Waals surface area contributed by atoms with Crippen LogP contribution in [-0.2, 0) is 23.4 Å². The number of H-pyrrole nitrogens is 1. The summed E-state index contributed by atoms with van der Waals surface area (Å²) in [5.41, 5.74) is -5.46. The van der Waals surface area contributed by atoms with E-state index in [0.29, 0.717) is 4.57 Å². The van der Waals surface area contributed by atoms with Crippen LogP contribution in [0.4, 0.5) is 8.78 Å². The van der Waals surface area contributed by atoms with Crippen molar-refractivity contribution in [2.75, 3.05) is 6.61 Å². The number of alkyl halides is 2. The zero-order chi connectivity index (χ0) is 29.2. The van der Waals surface area contributed by atoms with Crippen LogP contribution in [0.5, 0.6) is 5.75 Å². The average Bonchev–Trinajstić information content (AvgIpc) is 3.05. The van der Waals surface area contributed by atoms with Gasteiger partial charge in [0.2, 0.25) is 5.67 Å². The minimum absolute atomic E-state index is 0.0120. The summed E-state index contributed by atoms with van der Waals surface area (Å²) in [7, 11) is -4.63. The van der Waals surface area contributed by atoms with Crippen molar-refractivity contribution in [3.8, 4) is 5.75 Å². The minimum atomic E-state index is -4.63. The van der Waals surface area contributed by atoms with Crippen molar-refractivity contribution in [2.24, 2.45) is 0 Å². The summed E-state index contributed by atoms with van der Waals surface area (Å²) in [6, 6.07) is 7.16. The van der Waals surface area contributed by atoms with E-state index in [1.54, 1.807) is 32.0 Å². The minimum Gasteiger partial charge on any atom is -0.462 e. The molecular weight excluding hydrogens is 543 g/mol. The molecule has 1 saturated heterocycles. The molecule has 1 aliphatic heterocycles. The first kappa shape index (κ1) is 30.4. The van der Waals surface area contributed by atoms with Crippen LogP contribution in [0.15, 0.2) is 64.3 Å². The first-order valence-corrected chi connectivity index (χ1v) is 13.3. The lowest BCUT2D eigenvalue weighted by atomic mass is 9.88. The van der Waals surface area contributed by atoms with E-state index in [1.807, 2.05) is 4.98 Å². The molecule has 1 aliphatic rings. The number of aliphatic hydroxyl groups is 1. The van der Waals surface area contributed by atoms with Crippen LogP contribution in [0.1, 0.15) is 33.9 Å². The highest BCUT2D eigenvalue weighted by Gasteiger charge is 2.68. The number of aromatic nitrogens is 2. The van der Waals surface area contributed by atoms with Gasteiger partial charge in [0.25, 0.3) is 11.4 Å². The van der Waals surface area contributed by atoms with Gasteiger partial charge in [-0.25, -0.2) is 18.1 Å². The first-order valence-electron chi connectivity index (χ1n) is 11.8. The standard InChI is InChI=1S/C24H30F2N3O9P/c1-14(2)24(26)20(32)23(25,37-21(24)29-12-11-18(30)27-22(29)33)13-35-39(34,38-17-9-7-6-8-10-17)28-16(5)19(31)36-15(3)4/h6-12,15-16,20-21,32H,1,13H2,2-5H3,(H,28,34)(H,27,30,33)/t16?,20-,21-,23-,24-,39?/m1/s1. The van der Waals surface area contributed by atoms with E-state index in [0.717, 1.165) is 19.2 Å². The first-order chi connectivity index (χ1) is 18.1. The maximum Gasteiger partial charge on any atom is 0.459 e. The van der Waals surface area contributed by atoms with E-state index in [1.165, 1.54) is 19.1 Å². The number of carbonyl (C=O) groups excluding carboxylic acids is 1. The Balaban J connectivity index is 1.93. The van der Waals surface area contributed by atoms with Crippen molar-refractivity contribution in [1.29, 1.82) is 0 Å². The number of halogens is 2. The Morgan fingerprint density at radius 2 is 1.90 bits per heavy atom. The number of esters is 1. The number of aromatic amines is 1.